The maximum Gasteiger partial charge on any atom is 0.308 e. The van der Waals surface area contributed by atoms with Gasteiger partial charge in [0.05, 0.1) is 31.4 Å². The van der Waals surface area contributed by atoms with Crippen molar-refractivity contribution in [3.05, 3.63) is 35.4 Å². The molecule has 0 aliphatic carbocycles. The van der Waals surface area contributed by atoms with Crippen molar-refractivity contribution < 1.29 is 66.8 Å². The van der Waals surface area contributed by atoms with Gasteiger partial charge in [0.15, 0.2) is 6.29 Å². The highest BCUT2D eigenvalue weighted by atomic mass is 16.7. The summed E-state index contributed by atoms with van der Waals surface area (Å²) in [6.07, 6.45) is -4.07. The molecular formula is C53H85N7O14. The number of aryl methyl sites for hydroxylation is 1. The fourth-order valence-corrected chi connectivity index (χ4v) is 7.44. The molecule has 0 aliphatic rings. The first-order valence-electron chi connectivity index (χ1n) is 24.9. The van der Waals surface area contributed by atoms with Crippen molar-refractivity contribution in [2.75, 3.05) is 14.2 Å². The zero-order valence-corrected chi connectivity index (χ0v) is 46.8. The number of methoxy groups -OCH3 is 2. The first-order valence-corrected chi connectivity index (χ1v) is 24.9. The van der Waals surface area contributed by atoms with Gasteiger partial charge in [-0.25, -0.2) is 0 Å². The number of nitrogens with one attached hydrogen (secondary N) is 4. The van der Waals surface area contributed by atoms with Crippen LogP contribution in [0, 0.1) is 29.6 Å². The summed E-state index contributed by atoms with van der Waals surface area (Å²) >= 11 is 0. The molecule has 6 atom stereocenters. The largest absolute Gasteiger partial charge is 0.460 e. The number of hydrogen-bond acceptors (Lipinski definition) is 16. The van der Waals surface area contributed by atoms with E-state index in [9.17, 15) is 43.6 Å². The number of nitrogens with zero attached hydrogens (tertiary/aromatic N) is 2. The van der Waals surface area contributed by atoms with Crippen LogP contribution in [0.1, 0.15) is 153 Å². The summed E-state index contributed by atoms with van der Waals surface area (Å²) in [7, 11) is 2.55. The molecule has 21 nitrogen and oxygen atoms in total. The van der Waals surface area contributed by atoms with Crippen molar-refractivity contribution in [1.82, 2.24) is 26.2 Å². The van der Waals surface area contributed by atoms with E-state index in [0.717, 1.165) is 10.5 Å². The van der Waals surface area contributed by atoms with E-state index in [1.165, 1.54) is 14.2 Å². The van der Waals surface area contributed by atoms with Gasteiger partial charge in [-0.2, -0.15) is 5.26 Å². The van der Waals surface area contributed by atoms with Crippen LogP contribution < -0.4 is 27.0 Å². The van der Waals surface area contributed by atoms with Gasteiger partial charge in [0.1, 0.15) is 47.0 Å². The standard InChI is InChI=1S/C53H85N7O14/c1-31(2)28-34(55)47(68)60(38(26-27-54)49(70-16)71-17)48(69)43(50(4,5)6)59-46(67)36(29-33-21-19-18-20-32(33)3)58-44(65)35(22-24-40(62)72-51(7,8)9)57-45(66)37(30-42(64)74-53(13,14)15)56-39(61)23-25-41(63)73-52(10,11)12/h18-21,31,34-38,43,49H,22-26,28-30,55H2,1-17H3,(H,56,61)(H,57,66)(H,58,65)(H,59,67)/t34-,35-,36-,37-,38-,43+/m0/s1. The van der Waals surface area contributed by atoms with Crippen molar-refractivity contribution in [3.8, 4) is 6.07 Å². The number of ether oxygens (including phenoxy) is 5. The fraction of sp³-hybridized carbons (Fsp3) is 0.698. The summed E-state index contributed by atoms with van der Waals surface area (Å²) < 4.78 is 27.1. The van der Waals surface area contributed by atoms with Gasteiger partial charge in [0.2, 0.25) is 29.5 Å². The third-order valence-electron chi connectivity index (χ3n) is 10.8. The molecule has 0 fully saturated rings. The monoisotopic (exact) mass is 1040 g/mol. The second kappa shape index (κ2) is 29.2. The smallest absolute Gasteiger partial charge is 0.308 e. The summed E-state index contributed by atoms with van der Waals surface area (Å²) in [6.45, 7) is 25.0. The molecule has 1 aromatic rings. The molecular weight excluding hydrogens is 959 g/mol. The van der Waals surface area contributed by atoms with Gasteiger partial charge in [-0.05, 0) is 105 Å². The molecule has 416 valence electrons. The molecule has 0 bridgehead atoms. The molecule has 74 heavy (non-hydrogen) atoms. The molecule has 0 spiro atoms. The van der Waals surface area contributed by atoms with Gasteiger partial charge in [-0.1, -0.05) is 58.9 Å². The lowest BCUT2D eigenvalue weighted by Gasteiger charge is -2.40. The molecule has 0 saturated heterocycles. The topological polar surface area (TPSA) is 301 Å². The predicted octanol–water partition coefficient (Wildman–Crippen LogP) is 4.13. The second-order valence-corrected chi connectivity index (χ2v) is 22.7. The average Bonchev–Trinajstić information content (AvgIpc) is 3.24. The van der Waals surface area contributed by atoms with Gasteiger partial charge in [0, 0.05) is 33.5 Å². The lowest BCUT2D eigenvalue weighted by atomic mass is 9.84. The van der Waals surface area contributed by atoms with Crippen LogP contribution in [0.25, 0.3) is 0 Å². The number of hydrogen-bond donors (Lipinski definition) is 5. The Morgan fingerprint density at radius 3 is 1.62 bits per heavy atom. The Labute approximate surface area is 437 Å². The Bertz CT molecular complexity index is 2140. The highest BCUT2D eigenvalue weighted by molar-refractivity contribution is 6.03. The SMILES string of the molecule is COC(OC)[C@H](CC#N)N(C(=O)[C@@H](NC(=O)[C@H](Cc1ccccc1C)NC(=O)[C@H](CCC(=O)OC(C)(C)C)NC(=O)[C@H](CC(=O)OC(C)(C)C)NC(=O)CCC(=O)OC(C)(C)C)C(C)(C)C)C(=O)[C@@H](N)CC(C)C. The number of esters is 3. The first-order chi connectivity index (χ1) is 33.9. The van der Waals surface area contributed by atoms with Gasteiger partial charge in [-0.3, -0.25) is 48.1 Å². The van der Waals surface area contributed by atoms with Crippen molar-refractivity contribution in [3.63, 3.8) is 0 Å². The van der Waals surface area contributed by atoms with E-state index in [2.05, 4.69) is 21.3 Å². The van der Waals surface area contributed by atoms with Gasteiger partial charge in [0.25, 0.3) is 5.91 Å². The molecule has 0 saturated carbocycles. The predicted molar refractivity (Wildman–Crippen MR) is 274 cm³/mol. The summed E-state index contributed by atoms with van der Waals surface area (Å²) in [4.78, 5) is 126. The van der Waals surface area contributed by atoms with Gasteiger partial charge < -0.3 is 50.7 Å². The number of amides is 6. The Morgan fingerprint density at radius 2 is 1.14 bits per heavy atom. The Morgan fingerprint density at radius 1 is 0.649 bits per heavy atom. The lowest BCUT2D eigenvalue weighted by Crippen LogP contribution is -2.65. The molecule has 1 rings (SSSR count). The van der Waals surface area contributed by atoms with Crippen LogP contribution in [0.2, 0.25) is 0 Å². The number of nitriles is 1. The number of carbonyl (C=O) groups is 9. The highest BCUT2D eigenvalue weighted by Crippen LogP contribution is 2.26. The third-order valence-corrected chi connectivity index (χ3v) is 10.8. The quantitative estimate of drug-likeness (QED) is 0.0495. The Balaban J connectivity index is 3.98. The maximum absolute atomic E-state index is 15.0. The molecule has 0 aliphatic heterocycles. The lowest BCUT2D eigenvalue weighted by molar-refractivity contribution is -0.175. The second-order valence-electron chi connectivity index (χ2n) is 22.7. The van der Waals surface area contributed by atoms with E-state index >= 15 is 4.79 Å². The molecule has 21 heteroatoms. The number of carbonyl (C=O) groups excluding carboxylic acids is 9. The summed E-state index contributed by atoms with van der Waals surface area (Å²) in [5, 5.41) is 20.4. The van der Waals surface area contributed by atoms with Crippen molar-refractivity contribution >= 4 is 53.4 Å². The van der Waals surface area contributed by atoms with E-state index < -0.39 is 150 Å². The molecule has 6 N–H and O–H groups in total. The number of nitrogens with two attached hydrogens (primary N) is 1. The van der Waals surface area contributed by atoms with Crippen LogP contribution in [0.4, 0.5) is 0 Å². The van der Waals surface area contributed by atoms with Crippen molar-refractivity contribution in [1.29, 1.82) is 5.26 Å². The molecule has 0 radical (unpaired) electrons. The van der Waals surface area contributed by atoms with E-state index in [0.29, 0.717) is 5.56 Å². The number of benzene rings is 1. The molecule has 0 heterocycles. The number of imide groups is 1. The summed E-state index contributed by atoms with van der Waals surface area (Å²) in [5.74, 6) is -7.94. The van der Waals surface area contributed by atoms with Gasteiger partial charge >= 0.3 is 17.9 Å². The fourth-order valence-electron chi connectivity index (χ4n) is 7.44. The minimum absolute atomic E-state index is 0.0759. The van der Waals surface area contributed by atoms with E-state index in [1.54, 1.807) is 114 Å². The zero-order valence-electron chi connectivity index (χ0n) is 46.8. The van der Waals surface area contributed by atoms with Crippen LogP contribution in [0.5, 0.6) is 0 Å². The maximum atomic E-state index is 15.0. The third kappa shape index (κ3) is 24.4. The van der Waals surface area contributed by atoms with Crippen molar-refractivity contribution in [2.45, 2.75) is 215 Å². The summed E-state index contributed by atoms with van der Waals surface area (Å²) in [6, 6.07) is 0.113. The normalized spacial score (nSPS) is 14.5. The van der Waals surface area contributed by atoms with E-state index in [-0.39, 0.29) is 25.2 Å². The Hall–Kier alpha value is -5.98. The van der Waals surface area contributed by atoms with E-state index in [1.807, 2.05) is 19.9 Å². The first kappa shape index (κ1) is 66.0. The minimum Gasteiger partial charge on any atom is -0.460 e. The summed E-state index contributed by atoms with van der Waals surface area (Å²) in [5.41, 5.74) is 3.80. The van der Waals surface area contributed by atoms with Gasteiger partial charge in [-0.15, -0.1) is 0 Å². The van der Waals surface area contributed by atoms with Crippen LogP contribution in [0.3, 0.4) is 0 Å². The van der Waals surface area contributed by atoms with Crippen LogP contribution >= 0.6 is 0 Å². The molecule has 0 aromatic heterocycles. The van der Waals surface area contributed by atoms with Crippen LogP contribution in [0.15, 0.2) is 24.3 Å². The molecule has 0 unspecified atom stereocenters. The minimum atomic E-state index is -1.67. The molecule has 6 amide bonds. The van der Waals surface area contributed by atoms with E-state index in [4.69, 9.17) is 29.4 Å². The Kier molecular flexibility index (Phi) is 26.1. The average molecular weight is 1040 g/mol. The molecule has 1 aromatic carbocycles. The highest BCUT2D eigenvalue weighted by Gasteiger charge is 2.45. The van der Waals surface area contributed by atoms with Crippen LogP contribution in [-0.2, 0) is 73.3 Å². The van der Waals surface area contributed by atoms with Crippen molar-refractivity contribution in [2.24, 2.45) is 17.1 Å². The number of rotatable bonds is 26. The zero-order chi connectivity index (χ0) is 57.1. The van der Waals surface area contributed by atoms with Crippen LogP contribution in [-0.4, -0.2) is 132 Å².